The van der Waals surface area contributed by atoms with E-state index in [1.165, 1.54) is 5.56 Å². The van der Waals surface area contributed by atoms with Crippen molar-refractivity contribution in [2.45, 2.75) is 75.7 Å². The summed E-state index contributed by atoms with van der Waals surface area (Å²) in [5.74, 6) is 0.495. The highest BCUT2D eigenvalue weighted by atomic mass is 35.5. The Kier molecular flexibility index (Phi) is 7.40. The van der Waals surface area contributed by atoms with Crippen LogP contribution >= 0.6 is 11.6 Å². The molecule has 2 aromatic rings. The van der Waals surface area contributed by atoms with Crippen LogP contribution in [0.1, 0.15) is 54.5 Å². The molecule has 0 bridgehead atoms. The summed E-state index contributed by atoms with van der Waals surface area (Å²) in [5.41, 5.74) is 3.74. The molecule has 174 valence electrons. The van der Waals surface area contributed by atoms with E-state index in [9.17, 15) is 20.4 Å². The van der Waals surface area contributed by atoms with E-state index in [1.54, 1.807) is 6.07 Å². The summed E-state index contributed by atoms with van der Waals surface area (Å²) >= 11 is 6.62. The molecular weight excluding hydrogens is 432 g/mol. The lowest BCUT2D eigenvalue weighted by Gasteiger charge is -2.41. The second-order valence-corrected chi connectivity index (χ2v) is 9.16. The van der Waals surface area contributed by atoms with E-state index in [0.29, 0.717) is 22.8 Å². The van der Waals surface area contributed by atoms with Crippen molar-refractivity contribution in [3.63, 3.8) is 0 Å². The molecule has 1 saturated heterocycles. The minimum atomic E-state index is -1.46. The van der Waals surface area contributed by atoms with Gasteiger partial charge in [-0.25, -0.2) is 0 Å². The van der Waals surface area contributed by atoms with Crippen LogP contribution < -0.4 is 4.74 Å². The molecule has 4 rings (SSSR count). The van der Waals surface area contributed by atoms with Gasteiger partial charge in [-0.15, -0.1) is 0 Å². The summed E-state index contributed by atoms with van der Waals surface area (Å²) in [6, 6.07) is 11.9. The molecule has 1 aliphatic carbocycles. The summed E-state index contributed by atoms with van der Waals surface area (Å²) in [6.45, 7) is 1.63. The van der Waals surface area contributed by atoms with Crippen LogP contribution in [0.4, 0.5) is 0 Å². The minimum absolute atomic E-state index is 0.0714. The average molecular weight is 463 g/mol. The van der Waals surface area contributed by atoms with Gasteiger partial charge in [-0.2, -0.15) is 0 Å². The highest BCUT2D eigenvalue weighted by Crippen LogP contribution is 2.41. The number of hydrogen-bond donors (Lipinski definition) is 4. The molecule has 0 spiro atoms. The molecule has 5 atom stereocenters. The zero-order valence-electron chi connectivity index (χ0n) is 18.2. The highest BCUT2D eigenvalue weighted by Gasteiger charge is 2.45. The van der Waals surface area contributed by atoms with Crippen LogP contribution in [0.15, 0.2) is 36.4 Å². The van der Waals surface area contributed by atoms with Crippen LogP contribution in [0.3, 0.4) is 0 Å². The van der Waals surface area contributed by atoms with Crippen LogP contribution in [0, 0.1) is 0 Å². The van der Waals surface area contributed by atoms with Gasteiger partial charge in [0.25, 0.3) is 0 Å². The standard InChI is InChI=1S/C25H31ClO6/c1-2-14-6-8-15(9-7-14)10-16-11-18(20(12-19(16)26)31-17-4-3-5-17)25-24(30)23(29)22(28)21(13-27)32-25/h6-9,11-12,17,21-25,27-30H,2-5,10,13H2,1H3/t21-,22-,23+,24-,25+/m1/s1. The van der Waals surface area contributed by atoms with Gasteiger partial charge in [0.05, 0.1) is 12.7 Å². The normalized spacial score (nSPS) is 28.4. The Labute approximate surface area is 193 Å². The van der Waals surface area contributed by atoms with Crippen LogP contribution in [0.25, 0.3) is 0 Å². The minimum Gasteiger partial charge on any atom is -0.490 e. The molecule has 1 aliphatic heterocycles. The Morgan fingerprint density at radius 1 is 1.00 bits per heavy atom. The van der Waals surface area contributed by atoms with Crippen LogP contribution in [0.2, 0.25) is 5.02 Å². The molecule has 4 N–H and O–H groups in total. The number of hydrogen-bond acceptors (Lipinski definition) is 6. The van der Waals surface area contributed by atoms with Crippen LogP contribution in [-0.2, 0) is 17.6 Å². The first-order valence-corrected chi connectivity index (χ1v) is 11.7. The number of ether oxygens (including phenoxy) is 2. The quantitative estimate of drug-likeness (QED) is 0.505. The number of rotatable bonds is 7. The van der Waals surface area contributed by atoms with Crippen molar-refractivity contribution in [3.05, 3.63) is 63.7 Å². The van der Waals surface area contributed by atoms with Gasteiger partial charge in [-0.3, -0.25) is 0 Å². The summed E-state index contributed by atoms with van der Waals surface area (Å²) in [6.07, 6.45) is -1.61. The smallest absolute Gasteiger partial charge is 0.127 e. The lowest BCUT2D eigenvalue weighted by molar-refractivity contribution is -0.232. The number of aliphatic hydroxyl groups is 4. The molecule has 0 amide bonds. The van der Waals surface area contributed by atoms with Crippen molar-refractivity contribution in [2.24, 2.45) is 0 Å². The fourth-order valence-corrected chi connectivity index (χ4v) is 4.44. The van der Waals surface area contributed by atoms with E-state index in [4.69, 9.17) is 21.1 Å². The first kappa shape index (κ1) is 23.5. The van der Waals surface area contributed by atoms with E-state index in [-0.39, 0.29) is 6.10 Å². The SMILES string of the molecule is CCc1ccc(Cc2cc([C@@H]3O[C@H](CO)[C@@H](O)[C@H](O)[C@H]3O)c(OC3CCC3)cc2Cl)cc1. The average Bonchev–Trinajstić information content (AvgIpc) is 2.77. The Bertz CT molecular complexity index is 911. The number of aryl methyl sites for hydroxylation is 1. The van der Waals surface area contributed by atoms with Gasteiger partial charge >= 0.3 is 0 Å². The first-order valence-electron chi connectivity index (χ1n) is 11.3. The topological polar surface area (TPSA) is 99.4 Å². The number of benzene rings is 2. The second kappa shape index (κ2) is 10.1. The van der Waals surface area contributed by atoms with Gasteiger partial charge in [0, 0.05) is 10.6 Å². The summed E-state index contributed by atoms with van der Waals surface area (Å²) in [4.78, 5) is 0. The van der Waals surface area contributed by atoms with Crippen molar-refractivity contribution in [2.75, 3.05) is 6.61 Å². The molecule has 2 fully saturated rings. The van der Waals surface area contributed by atoms with Gasteiger partial charge < -0.3 is 29.9 Å². The van der Waals surface area contributed by atoms with Gasteiger partial charge in [-0.05, 0) is 60.9 Å². The predicted octanol–water partition coefficient (Wildman–Crippen LogP) is 2.94. The molecule has 1 heterocycles. The predicted molar refractivity (Wildman–Crippen MR) is 121 cm³/mol. The monoisotopic (exact) mass is 462 g/mol. The third kappa shape index (κ3) is 4.81. The third-order valence-corrected chi connectivity index (χ3v) is 6.90. The fraction of sp³-hybridized carbons (Fsp3) is 0.520. The summed E-state index contributed by atoms with van der Waals surface area (Å²) in [5, 5.41) is 41.3. The van der Waals surface area contributed by atoms with E-state index in [0.717, 1.165) is 36.8 Å². The highest BCUT2D eigenvalue weighted by molar-refractivity contribution is 6.31. The molecular formula is C25H31ClO6. The lowest BCUT2D eigenvalue weighted by Crippen LogP contribution is -2.55. The van der Waals surface area contributed by atoms with E-state index in [2.05, 4.69) is 31.2 Å². The van der Waals surface area contributed by atoms with Crippen molar-refractivity contribution in [1.29, 1.82) is 0 Å². The van der Waals surface area contributed by atoms with Gasteiger partial charge in [0.1, 0.15) is 36.3 Å². The zero-order chi connectivity index (χ0) is 22.8. The van der Waals surface area contributed by atoms with Crippen molar-refractivity contribution in [1.82, 2.24) is 0 Å². The molecule has 0 aromatic heterocycles. The maximum absolute atomic E-state index is 10.7. The van der Waals surface area contributed by atoms with Crippen molar-refractivity contribution < 1.29 is 29.9 Å². The van der Waals surface area contributed by atoms with Gasteiger partial charge in [-0.1, -0.05) is 42.8 Å². The Morgan fingerprint density at radius 3 is 2.28 bits per heavy atom. The Hall–Kier alpha value is -1.67. The largest absolute Gasteiger partial charge is 0.490 e. The zero-order valence-corrected chi connectivity index (χ0v) is 18.9. The molecule has 2 aliphatic rings. The molecule has 2 aromatic carbocycles. The Balaban J connectivity index is 1.69. The maximum Gasteiger partial charge on any atom is 0.127 e. The molecule has 1 saturated carbocycles. The summed E-state index contributed by atoms with van der Waals surface area (Å²) < 4.78 is 12.0. The first-order chi connectivity index (χ1) is 15.4. The maximum atomic E-state index is 10.7. The molecule has 6 nitrogen and oxygen atoms in total. The van der Waals surface area contributed by atoms with E-state index < -0.39 is 37.1 Å². The van der Waals surface area contributed by atoms with Gasteiger partial charge in [0.2, 0.25) is 0 Å². The second-order valence-electron chi connectivity index (χ2n) is 8.75. The van der Waals surface area contributed by atoms with Crippen LogP contribution in [0.5, 0.6) is 5.75 Å². The molecule has 7 heteroatoms. The summed E-state index contributed by atoms with van der Waals surface area (Å²) in [7, 11) is 0. The third-order valence-electron chi connectivity index (χ3n) is 6.55. The molecule has 0 unspecified atom stereocenters. The Morgan fingerprint density at radius 2 is 1.69 bits per heavy atom. The fourth-order valence-electron chi connectivity index (χ4n) is 4.22. The van der Waals surface area contributed by atoms with Crippen LogP contribution in [-0.4, -0.2) is 57.6 Å². The number of aliphatic hydroxyl groups excluding tert-OH is 4. The van der Waals surface area contributed by atoms with E-state index >= 15 is 0 Å². The van der Waals surface area contributed by atoms with Crippen molar-refractivity contribution >= 4 is 11.6 Å². The van der Waals surface area contributed by atoms with E-state index in [1.807, 2.05) is 6.07 Å². The van der Waals surface area contributed by atoms with Gasteiger partial charge in [0.15, 0.2) is 0 Å². The van der Waals surface area contributed by atoms with Crippen molar-refractivity contribution in [3.8, 4) is 5.75 Å². The molecule has 32 heavy (non-hydrogen) atoms. The number of halogens is 1. The molecule has 0 radical (unpaired) electrons. The lowest BCUT2D eigenvalue weighted by atomic mass is 9.89.